The Kier molecular flexibility index (Phi) is 3.39. The highest BCUT2D eigenvalue weighted by molar-refractivity contribution is 9.10. The molecule has 0 bridgehead atoms. The molecule has 1 atom stereocenters. The molecule has 23 heavy (non-hydrogen) atoms. The average molecular weight is 368 g/mol. The molecule has 0 saturated heterocycles. The summed E-state index contributed by atoms with van der Waals surface area (Å²) in [5, 5.41) is 10.5. The van der Waals surface area contributed by atoms with Crippen LogP contribution in [0, 0.1) is 6.92 Å². The summed E-state index contributed by atoms with van der Waals surface area (Å²) in [6.45, 7) is 1.91. The number of aryl methyl sites for hydroxylation is 1. The molecule has 114 valence electrons. The SMILES string of the molecule is Cc1cn2c(n1)C(O)N=C(c1ccccc1)c1cc(Br)ccc1-2. The standard InChI is InChI=1S/C18H14BrN3O/c1-11-10-22-15-8-7-13(19)9-14(15)16(12-5-3-2-4-6-12)21-18(23)17(22)20-11/h2-10,18,23H,1H3. The first-order valence-corrected chi connectivity index (χ1v) is 8.10. The number of imidazole rings is 1. The second-order valence-electron chi connectivity index (χ2n) is 5.49. The molecule has 1 unspecified atom stereocenters. The molecule has 0 radical (unpaired) electrons. The van der Waals surface area contributed by atoms with Crippen molar-refractivity contribution in [2.75, 3.05) is 0 Å². The summed E-state index contributed by atoms with van der Waals surface area (Å²) in [5.41, 5.74) is 4.50. The fraction of sp³-hybridized carbons (Fsp3) is 0.111. The van der Waals surface area contributed by atoms with Gasteiger partial charge in [0.1, 0.15) is 0 Å². The monoisotopic (exact) mass is 367 g/mol. The van der Waals surface area contributed by atoms with Crippen LogP contribution in [0.5, 0.6) is 0 Å². The third kappa shape index (κ3) is 2.42. The van der Waals surface area contributed by atoms with Crippen LogP contribution in [-0.4, -0.2) is 20.4 Å². The number of hydrogen-bond acceptors (Lipinski definition) is 3. The number of aliphatic hydroxyl groups is 1. The normalized spacial score (nSPS) is 16.3. The fourth-order valence-corrected chi connectivity index (χ4v) is 3.24. The first-order chi connectivity index (χ1) is 11.1. The third-order valence-corrected chi connectivity index (χ3v) is 4.35. The van der Waals surface area contributed by atoms with Gasteiger partial charge in [-0.1, -0.05) is 46.3 Å². The van der Waals surface area contributed by atoms with Crippen molar-refractivity contribution in [3.05, 3.63) is 81.8 Å². The summed E-state index contributed by atoms with van der Waals surface area (Å²) >= 11 is 3.53. The molecule has 3 aromatic rings. The number of benzene rings is 2. The molecule has 0 spiro atoms. The van der Waals surface area contributed by atoms with Crippen molar-refractivity contribution in [1.29, 1.82) is 0 Å². The van der Waals surface area contributed by atoms with Crippen LogP contribution in [0.2, 0.25) is 0 Å². The lowest BCUT2D eigenvalue weighted by molar-refractivity contribution is 0.177. The lowest BCUT2D eigenvalue weighted by atomic mass is 10.0. The fourth-order valence-electron chi connectivity index (χ4n) is 2.88. The molecule has 0 aliphatic carbocycles. The summed E-state index contributed by atoms with van der Waals surface area (Å²) in [4.78, 5) is 8.99. The first-order valence-electron chi connectivity index (χ1n) is 7.31. The molecule has 0 amide bonds. The molecule has 1 aliphatic heterocycles. The Morgan fingerprint density at radius 2 is 1.91 bits per heavy atom. The van der Waals surface area contributed by atoms with Crippen LogP contribution < -0.4 is 0 Å². The number of hydrogen-bond donors (Lipinski definition) is 1. The van der Waals surface area contributed by atoms with Crippen LogP contribution >= 0.6 is 15.9 Å². The summed E-state index contributed by atoms with van der Waals surface area (Å²) in [7, 11) is 0. The van der Waals surface area contributed by atoms with Gasteiger partial charge < -0.3 is 5.11 Å². The van der Waals surface area contributed by atoms with Crippen molar-refractivity contribution in [3.8, 4) is 5.69 Å². The van der Waals surface area contributed by atoms with Crippen molar-refractivity contribution < 1.29 is 5.11 Å². The van der Waals surface area contributed by atoms with Crippen LogP contribution in [-0.2, 0) is 0 Å². The van der Waals surface area contributed by atoms with Crippen molar-refractivity contribution in [2.45, 2.75) is 13.2 Å². The second-order valence-corrected chi connectivity index (χ2v) is 6.41. The molecule has 0 fully saturated rings. The first kappa shape index (κ1) is 14.4. The quantitative estimate of drug-likeness (QED) is 0.711. The van der Waals surface area contributed by atoms with E-state index in [9.17, 15) is 5.11 Å². The minimum absolute atomic E-state index is 0.539. The largest absolute Gasteiger partial charge is 0.365 e. The highest BCUT2D eigenvalue weighted by atomic mass is 79.9. The maximum absolute atomic E-state index is 10.5. The minimum atomic E-state index is -0.995. The third-order valence-electron chi connectivity index (χ3n) is 3.86. The Labute approximate surface area is 142 Å². The van der Waals surface area contributed by atoms with Crippen molar-refractivity contribution in [2.24, 2.45) is 4.99 Å². The summed E-state index contributed by atoms with van der Waals surface area (Å²) in [6, 6.07) is 15.9. The number of halogens is 1. The van der Waals surface area contributed by atoms with Crippen LogP contribution in [0.15, 0.2) is 64.2 Å². The van der Waals surface area contributed by atoms with E-state index in [0.717, 1.165) is 32.7 Å². The Hall–Kier alpha value is -2.24. The molecule has 1 aliphatic rings. The number of aliphatic imine (C=N–C) groups is 1. The number of aliphatic hydroxyl groups excluding tert-OH is 1. The number of aromatic nitrogens is 2. The van der Waals surface area contributed by atoms with Gasteiger partial charge in [0.15, 0.2) is 5.82 Å². The van der Waals surface area contributed by atoms with Gasteiger partial charge in [-0.15, -0.1) is 0 Å². The van der Waals surface area contributed by atoms with Crippen LogP contribution in [0.3, 0.4) is 0 Å². The molecule has 1 N–H and O–H groups in total. The van der Waals surface area contributed by atoms with E-state index < -0.39 is 6.23 Å². The van der Waals surface area contributed by atoms with Crippen molar-refractivity contribution in [3.63, 3.8) is 0 Å². The van der Waals surface area contributed by atoms with Gasteiger partial charge in [-0.25, -0.2) is 9.98 Å². The molecule has 2 aromatic carbocycles. The maximum Gasteiger partial charge on any atom is 0.205 e. The van der Waals surface area contributed by atoms with Gasteiger partial charge in [0.25, 0.3) is 0 Å². The van der Waals surface area contributed by atoms with E-state index in [1.165, 1.54) is 0 Å². The zero-order valence-corrected chi connectivity index (χ0v) is 14.0. The summed E-state index contributed by atoms with van der Waals surface area (Å²) in [6.07, 6.45) is 0.930. The Morgan fingerprint density at radius 1 is 1.13 bits per heavy atom. The molecule has 4 nitrogen and oxygen atoms in total. The van der Waals surface area contributed by atoms with Gasteiger partial charge in [0.05, 0.1) is 17.1 Å². The average Bonchev–Trinajstić information content (AvgIpc) is 2.90. The van der Waals surface area contributed by atoms with Crippen molar-refractivity contribution >= 4 is 21.6 Å². The number of fused-ring (bicyclic) bond motifs is 3. The van der Waals surface area contributed by atoms with Gasteiger partial charge in [0.2, 0.25) is 6.23 Å². The zero-order valence-electron chi connectivity index (χ0n) is 12.4. The predicted molar refractivity (Wildman–Crippen MR) is 93.0 cm³/mol. The highest BCUT2D eigenvalue weighted by Crippen LogP contribution is 2.31. The Bertz CT molecular complexity index is 915. The van der Waals surface area contributed by atoms with Crippen LogP contribution in [0.25, 0.3) is 5.69 Å². The second kappa shape index (κ2) is 5.44. The molecule has 2 heterocycles. The predicted octanol–water partition coefficient (Wildman–Crippen LogP) is 3.79. The Morgan fingerprint density at radius 3 is 2.70 bits per heavy atom. The summed E-state index contributed by atoms with van der Waals surface area (Å²) < 4.78 is 2.89. The van der Waals surface area contributed by atoms with Crippen molar-refractivity contribution in [1.82, 2.24) is 9.55 Å². The topological polar surface area (TPSA) is 50.4 Å². The highest BCUT2D eigenvalue weighted by Gasteiger charge is 2.25. The van der Waals surface area contributed by atoms with Crippen LogP contribution in [0.1, 0.15) is 28.9 Å². The lowest BCUT2D eigenvalue weighted by Crippen LogP contribution is -2.06. The summed E-state index contributed by atoms with van der Waals surface area (Å²) in [5.74, 6) is 0.539. The molecular formula is C18H14BrN3O. The van der Waals surface area contributed by atoms with E-state index in [1.807, 2.05) is 66.2 Å². The molecule has 4 rings (SSSR count). The molecular weight excluding hydrogens is 354 g/mol. The minimum Gasteiger partial charge on any atom is -0.365 e. The van der Waals surface area contributed by atoms with Crippen LogP contribution in [0.4, 0.5) is 0 Å². The van der Waals surface area contributed by atoms with Gasteiger partial charge in [-0.3, -0.25) is 4.57 Å². The smallest absolute Gasteiger partial charge is 0.205 e. The van der Waals surface area contributed by atoms with E-state index in [4.69, 9.17) is 0 Å². The van der Waals surface area contributed by atoms with Gasteiger partial charge in [-0.2, -0.15) is 0 Å². The molecule has 1 aromatic heterocycles. The van der Waals surface area contributed by atoms with E-state index in [-0.39, 0.29) is 0 Å². The van der Waals surface area contributed by atoms with E-state index in [2.05, 4.69) is 25.9 Å². The lowest BCUT2D eigenvalue weighted by Gasteiger charge is -2.12. The van der Waals surface area contributed by atoms with Gasteiger partial charge >= 0.3 is 0 Å². The Balaban J connectivity index is 2.04. The van der Waals surface area contributed by atoms with E-state index in [1.54, 1.807) is 0 Å². The van der Waals surface area contributed by atoms with Gasteiger partial charge in [0, 0.05) is 21.8 Å². The van der Waals surface area contributed by atoms with E-state index >= 15 is 0 Å². The van der Waals surface area contributed by atoms with Gasteiger partial charge in [-0.05, 0) is 25.1 Å². The number of rotatable bonds is 1. The number of nitrogens with zero attached hydrogens (tertiary/aromatic N) is 3. The molecule has 5 heteroatoms. The maximum atomic E-state index is 10.5. The van der Waals surface area contributed by atoms with E-state index in [0.29, 0.717) is 5.82 Å². The zero-order chi connectivity index (χ0) is 16.0. The molecule has 0 saturated carbocycles.